The summed E-state index contributed by atoms with van der Waals surface area (Å²) in [7, 11) is 0. The lowest BCUT2D eigenvalue weighted by molar-refractivity contribution is 0.461. The summed E-state index contributed by atoms with van der Waals surface area (Å²) in [4.78, 5) is 6.94. The van der Waals surface area contributed by atoms with Crippen molar-refractivity contribution in [3.8, 4) is 11.5 Å². The van der Waals surface area contributed by atoms with Crippen molar-refractivity contribution in [1.29, 1.82) is 0 Å². The summed E-state index contributed by atoms with van der Waals surface area (Å²) < 4.78 is 8.55. The molecule has 0 amide bonds. The van der Waals surface area contributed by atoms with Crippen LogP contribution in [0.15, 0.2) is 91.3 Å². The van der Waals surface area contributed by atoms with Crippen LogP contribution >= 0.6 is 12.2 Å². The lowest BCUT2D eigenvalue weighted by Gasteiger charge is -2.30. The molecular formula is C30H30N4OS. The molecule has 2 aliphatic rings. The number of rotatable bonds is 6. The molecule has 2 aromatic heterocycles. The first-order chi connectivity index (χ1) is 17.7. The number of hydrogen-bond acceptors (Lipinski definition) is 3. The molecule has 2 fully saturated rings. The van der Waals surface area contributed by atoms with Gasteiger partial charge in [-0.15, -0.1) is 0 Å². The van der Waals surface area contributed by atoms with Gasteiger partial charge in [-0.1, -0.05) is 36.6 Å². The van der Waals surface area contributed by atoms with E-state index in [9.17, 15) is 0 Å². The third-order valence-electron chi connectivity index (χ3n) is 7.30. The highest BCUT2D eigenvalue weighted by molar-refractivity contribution is 7.80. The zero-order valence-corrected chi connectivity index (χ0v) is 21.2. The molecule has 1 saturated carbocycles. The van der Waals surface area contributed by atoms with E-state index in [1.165, 1.54) is 36.9 Å². The molecule has 4 aromatic rings. The lowest BCUT2D eigenvalue weighted by atomic mass is 10.00. The standard InChI is InChI=1S/C30H30N4OS/c1-21-11-15-24(16-12-21)35-25-17-13-23(14-18-25)34-29(27-10-6-20-33(27)22-7-2-3-8-22)28(32-30(34)36)26-9-4-5-19-31-26/h4-6,9-20,22,28-29H,2-3,7-8H2,1H3,(H,32,36)/t28-,29-/m0/s1. The Kier molecular flexibility index (Phi) is 6.20. The Bertz CT molecular complexity index is 1330. The second kappa shape index (κ2) is 9.78. The summed E-state index contributed by atoms with van der Waals surface area (Å²) in [5.41, 5.74) is 4.51. The molecular weight excluding hydrogens is 464 g/mol. The molecule has 5 nitrogen and oxygen atoms in total. The minimum Gasteiger partial charge on any atom is -0.457 e. The number of thiocarbonyl (C=S) groups is 1. The predicted molar refractivity (Wildman–Crippen MR) is 148 cm³/mol. The van der Waals surface area contributed by atoms with Crippen molar-refractivity contribution in [1.82, 2.24) is 14.9 Å². The molecule has 36 heavy (non-hydrogen) atoms. The van der Waals surface area contributed by atoms with Crippen LogP contribution in [0.1, 0.15) is 60.8 Å². The summed E-state index contributed by atoms with van der Waals surface area (Å²) in [6, 6.07) is 27.3. The van der Waals surface area contributed by atoms with Gasteiger partial charge in [-0.3, -0.25) is 4.98 Å². The fourth-order valence-corrected chi connectivity index (χ4v) is 5.87. The number of hydrogen-bond donors (Lipinski definition) is 1. The Labute approximate surface area is 217 Å². The molecule has 2 atom stereocenters. The normalized spacial score (nSPS) is 20.0. The number of nitrogens with one attached hydrogen (secondary N) is 1. The topological polar surface area (TPSA) is 42.3 Å². The van der Waals surface area contributed by atoms with Gasteiger partial charge in [0.05, 0.1) is 11.7 Å². The Hall–Kier alpha value is -3.64. The zero-order valence-electron chi connectivity index (χ0n) is 20.4. The lowest BCUT2D eigenvalue weighted by Crippen LogP contribution is -2.30. The van der Waals surface area contributed by atoms with Crippen LogP contribution in [0.25, 0.3) is 0 Å². The van der Waals surface area contributed by atoms with Crippen molar-refractivity contribution >= 4 is 23.0 Å². The fourth-order valence-electron chi connectivity index (χ4n) is 5.52. The van der Waals surface area contributed by atoms with Crippen molar-refractivity contribution in [2.75, 3.05) is 4.90 Å². The Morgan fingerprint density at radius 2 is 1.61 bits per heavy atom. The van der Waals surface area contributed by atoms with Crippen molar-refractivity contribution in [3.05, 3.63) is 108 Å². The number of pyridine rings is 1. The van der Waals surface area contributed by atoms with Crippen LogP contribution in [0.3, 0.4) is 0 Å². The van der Waals surface area contributed by atoms with Gasteiger partial charge in [0.1, 0.15) is 17.5 Å². The summed E-state index contributed by atoms with van der Waals surface area (Å²) in [6.45, 7) is 2.07. The van der Waals surface area contributed by atoms with E-state index >= 15 is 0 Å². The number of benzene rings is 2. The summed E-state index contributed by atoms with van der Waals surface area (Å²) in [5, 5.41) is 4.30. The average molecular weight is 495 g/mol. The molecule has 1 aliphatic heterocycles. The van der Waals surface area contributed by atoms with Gasteiger partial charge in [0.2, 0.25) is 0 Å². The van der Waals surface area contributed by atoms with E-state index in [0.29, 0.717) is 11.2 Å². The van der Waals surface area contributed by atoms with Gasteiger partial charge in [0.15, 0.2) is 5.11 Å². The van der Waals surface area contributed by atoms with E-state index in [4.69, 9.17) is 21.9 Å². The van der Waals surface area contributed by atoms with Gasteiger partial charge in [-0.05, 0) is 92.6 Å². The van der Waals surface area contributed by atoms with Crippen LogP contribution in [0, 0.1) is 6.92 Å². The van der Waals surface area contributed by atoms with Gasteiger partial charge < -0.3 is 19.5 Å². The number of ether oxygens (including phenoxy) is 1. The number of nitrogens with zero attached hydrogens (tertiary/aromatic N) is 3. The molecule has 0 unspecified atom stereocenters. The molecule has 0 bridgehead atoms. The summed E-state index contributed by atoms with van der Waals surface area (Å²) in [6.07, 6.45) is 9.13. The highest BCUT2D eigenvalue weighted by Gasteiger charge is 2.42. The smallest absolute Gasteiger partial charge is 0.174 e. The maximum atomic E-state index is 6.07. The molecule has 2 aromatic carbocycles. The highest BCUT2D eigenvalue weighted by Crippen LogP contribution is 2.44. The SMILES string of the molecule is Cc1ccc(Oc2ccc(N3C(=S)N[C@@H](c4ccccn4)[C@@H]3c3cccn3C3CCCC3)cc2)cc1. The van der Waals surface area contributed by atoms with Crippen LogP contribution in [-0.4, -0.2) is 14.7 Å². The van der Waals surface area contributed by atoms with Gasteiger partial charge in [-0.2, -0.15) is 0 Å². The van der Waals surface area contributed by atoms with Gasteiger partial charge >= 0.3 is 0 Å². The summed E-state index contributed by atoms with van der Waals surface area (Å²) in [5.74, 6) is 1.63. The molecule has 182 valence electrons. The van der Waals surface area contributed by atoms with Gasteiger partial charge in [0.25, 0.3) is 0 Å². The van der Waals surface area contributed by atoms with Crippen LogP contribution in [0.5, 0.6) is 11.5 Å². The molecule has 6 rings (SSSR count). The minimum absolute atomic E-state index is 0.00753. The maximum Gasteiger partial charge on any atom is 0.174 e. The number of aryl methyl sites for hydroxylation is 1. The molecule has 1 saturated heterocycles. The van der Waals surface area contributed by atoms with Crippen LogP contribution in [-0.2, 0) is 0 Å². The maximum absolute atomic E-state index is 6.07. The van der Waals surface area contributed by atoms with E-state index < -0.39 is 0 Å². The summed E-state index contributed by atoms with van der Waals surface area (Å²) >= 11 is 5.93. The van der Waals surface area contributed by atoms with Crippen LogP contribution in [0.2, 0.25) is 0 Å². The van der Waals surface area contributed by atoms with Crippen LogP contribution in [0.4, 0.5) is 5.69 Å². The van der Waals surface area contributed by atoms with E-state index in [1.807, 2.05) is 42.6 Å². The van der Waals surface area contributed by atoms with Gasteiger partial charge in [0, 0.05) is 29.8 Å². The van der Waals surface area contributed by atoms with E-state index in [0.717, 1.165) is 22.9 Å². The largest absolute Gasteiger partial charge is 0.457 e. The molecule has 0 spiro atoms. The number of anilines is 1. The Morgan fingerprint density at radius 3 is 2.31 bits per heavy atom. The molecule has 0 radical (unpaired) electrons. The Morgan fingerprint density at radius 1 is 0.889 bits per heavy atom. The third kappa shape index (κ3) is 4.37. The van der Waals surface area contributed by atoms with Crippen molar-refractivity contribution < 1.29 is 4.74 Å². The zero-order chi connectivity index (χ0) is 24.5. The minimum atomic E-state index is -0.0442. The second-order valence-electron chi connectivity index (χ2n) is 9.68. The Balaban J connectivity index is 1.35. The van der Waals surface area contributed by atoms with Crippen molar-refractivity contribution in [2.45, 2.75) is 50.7 Å². The molecule has 1 aliphatic carbocycles. The molecule has 3 heterocycles. The fraction of sp³-hybridized carbons (Fsp3) is 0.267. The average Bonchev–Trinajstić information content (AvgIpc) is 3.66. The third-order valence-corrected chi connectivity index (χ3v) is 7.62. The van der Waals surface area contributed by atoms with Gasteiger partial charge in [-0.25, -0.2) is 0 Å². The molecule has 1 N–H and O–H groups in total. The van der Waals surface area contributed by atoms with Crippen molar-refractivity contribution in [2.24, 2.45) is 0 Å². The highest BCUT2D eigenvalue weighted by atomic mass is 32.1. The predicted octanol–water partition coefficient (Wildman–Crippen LogP) is 7.28. The van der Waals surface area contributed by atoms with E-state index in [2.05, 4.69) is 70.4 Å². The second-order valence-corrected chi connectivity index (χ2v) is 10.1. The quantitative estimate of drug-likeness (QED) is 0.285. The molecule has 6 heteroatoms. The van der Waals surface area contributed by atoms with Crippen LogP contribution < -0.4 is 15.0 Å². The monoisotopic (exact) mass is 494 g/mol. The van der Waals surface area contributed by atoms with Crippen molar-refractivity contribution in [3.63, 3.8) is 0 Å². The van der Waals surface area contributed by atoms with E-state index in [-0.39, 0.29) is 12.1 Å². The first-order valence-electron chi connectivity index (χ1n) is 12.7. The van der Waals surface area contributed by atoms with E-state index in [1.54, 1.807) is 0 Å². The first kappa shape index (κ1) is 22.8. The number of aromatic nitrogens is 2. The first-order valence-corrected chi connectivity index (χ1v) is 13.1.